The molecule has 0 radical (unpaired) electrons. The first kappa shape index (κ1) is 13.0. The van der Waals surface area contributed by atoms with Crippen molar-refractivity contribution in [2.24, 2.45) is 0 Å². The van der Waals surface area contributed by atoms with Crippen LogP contribution in [0.15, 0.2) is 29.1 Å². The second-order valence-electron chi connectivity index (χ2n) is 5.26. The molecule has 1 fully saturated rings. The molecule has 1 heterocycles. The van der Waals surface area contributed by atoms with Gasteiger partial charge in [0.1, 0.15) is 17.2 Å². The summed E-state index contributed by atoms with van der Waals surface area (Å²) in [5.41, 5.74) is 7.08. The first-order valence-corrected chi connectivity index (χ1v) is 7.01. The summed E-state index contributed by atoms with van der Waals surface area (Å²) in [5.74, 6) is -0.0610. The van der Waals surface area contributed by atoms with Crippen molar-refractivity contribution in [3.8, 4) is 5.69 Å². The molecule has 1 aromatic heterocycles. The fraction of sp³-hybridized carbons (Fsp3) is 0.400. The number of nitrogens with zero attached hydrogens (tertiary/aromatic N) is 2. The number of nitrogens with two attached hydrogens (primary N) is 1. The number of nitrogen functional groups attached to an aromatic ring is 1. The number of benzene rings is 1. The van der Waals surface area contributed by atoms with Gasteiger partial charge in [0.15, 0.2) is 0 Å². The van der Waals surface area contributed by atoms with Gasteiger partial charge in [-0.05, 0) is 31.4 Å². The Bertz CT molecular complexity index is 698. The predicted octanol–water partition coefficient (Wildman–Crippen LogP) is 2.65. The third-order valence-electron chi connectivity index (χ3n) is 3.70. The van der Waals surface area contributed by atoms with Gasteiger partial charge in [0, 0.05) is 12.5 Å². The van der Waals surface area contributed by atoms with Crippen LogP contribution in [-0.4, -0.2) is 9.36 Å². The highest BCUT2D eigenvalue weighted by atomic mass is 19.1. The predicted molar refractivity (Wildman–Crippen MR) is 76.7 cm³/mol. The van der Waals surface area contributed by atoms with Gasteiger partial charge in [-0.1, -0.05) is 19.1 Å². The summed E-state index contributed by atoms with van der Waals surface area (Å²) >= 11 is 0. The zero-order valence-corrected chi connectivity index (χ0v) is 11.5. The first-order valence-electron chi connectivity index (χ1n) is 7.01. The number of hydrogen-bond donors (Lipinski definition) is 1. The van der Waals surface area contributed by atoms with Gasteiger partial charge in [-0.25, -0.2) is 9.07 Å². The lowest BCUT2D eigenvalue weighted by Gasteiger charge is -2.14. The third kappa shape index (κ3) is 1.94. The van der Waals surface area contributed by atoms with Gasteiger partial charge >= 0.3 is 0 Å². The van der Waals surface area contributed by atoms with Crippen molar-refractivity contribution in [1.82, 2.24) is 9.36 Å². The SMILES string of the molecule is CCCn1c(C2CC2)c(N)c(=O)n1-c1ccccc1F. The number of aromatic nitrogens is 2. The Morgan fingerprint density at radius 2 is 2.05 bits per heavy atom. The Hall–Kier alpha value is -2.04. The largest absolute Gasteiger partial charge is 0.393 e. The Morgan fingerprint density at radius 3 is 2.65 bits per heavy atom. The molecular formula is C15H18FN3O. The number of hydrogen-bond acceptors (Lipinski definition) is 2. The van der Waals surface area contributed by atoms with E-state index in [0.717, 1.165) is 25.0 Å². The summed E-state index contributed by atoms with van der Waals surface area (Å²) in [5, 5.41) is 0. The zero-order chi connectivity index (χ0) is 14.3. The van der Waals surface area contributed by atoms with Crippen molar-refractivity contribution in [1.29, 1.82) is 0 Å². The highest BCUT2D eigenvalue weighted by molar-refractivity contribution is 5.48. The monoisotopic (exact) mass is 275 g/mol. The highest BCUT2D eigenvalue weighted by Crippen LogP contribution is 2.42. The second-order valence-corrected chi connectivity index (χ2v) is 5.26. The lowest BCUT2D eigenvalue weighted by molar-refractivity contribution is 0.498. The molecular weight excluding hydrogens is 257 g/mol. The molecule has 2 aromatic rings. The van der Waals surface area contributed by atoms with Crippen LogP contribution < -0.4 is 11.3 Å². The minimum absolute atomic E-state index is 0.268. The van der Waals surface area contributed by atoms with Crippen LogP contribution in [0.2, 0.25) is 0 Å². The summed E-state index contributed by atoms with van der Waals surface area (Å²) in [6, 6.07) is 6.31. The smallest absolute Gasteiger partial charge is 0.294 e. The van der Waals surface area contributed by atoms with E-state index in [1.807, 2.05) is 11.6 Å². The highest BCUT2D eigenvalue weighted by Gasteiger charge is 2.32. The number of halogens is 1. The lowest BCUT2D eigenvalue weighted by atomic mass is 10.2. The summed E-state index contributed by atoms with van der Waals surface area (Å²) in [6.45, 7) is 2.69. The fourth-order valence-corrected chi connectivity index (χ4v) is 2.66. The molecule has 1 aliphatic rings. The van der Waals surface area contributed by atoms with Gasteiger partial charge in [-0.15, -0.1) is 0 Å². The van der Waals surface area contributed by atoms with Crippen molar-refractivity contribution in [3.05, 3.63) is 46.1 Å². The van der Waals surface area contributed by atoms with Gasteiger partial charge in [0.2, 0.25) is 0 Å². The molecule has 1 saturated carbocycles. The van der Waals surface area contributed by atoms with Gasteiger partial charge in [0.05, 0.1) is 5.69 Å². The lowest BCUT2D eigenvalue weighted by Crippen LogP contribution is -2.23. The van der Waals surface area contributed by atoms with Crippen LogP contribution in [-0.2, 0) is 6.54 Å². The van der Waals surface area contributed by atoms with Crippen LogP contribution in [0.5, 0.6) is 0 Å². The molecule has 0 unspecified atom stereocenters. The van der Waals surface area contributed by atoms with Crippen LogP contribution in [0, 0.1) is 5.82 Å². The van der Waals surface area contributed by atoms with E-state index in [0.29, 0.717) is 12.5 Å². The minimum Gasteiger partial charge on any atom is -0.393 e. The maximum absolute atomic E-state index is 14.0. The van der Waals surface area contributed by atoms with Gasteiger partial charge in [-0.3, -0.25) is 9.48 Å². The number of para-hydroxylation sites is 1. The normalized spacial score (nSPS) is 14.7. The molecule has 0 aliphatic heterocycles. The van der Waals surface area contributed by atoms with Crippen LogP contribution >= 0.6 is 0 Å². The third-order valence-corrected chi connectivity index (χ3v) is 3.70. The molecule has 20 heavy (non-hydrogen) atoms. The Kier molecular flexibility index (Phi) is 3.12. The maximum atomic E-state index is 14.0. The molecule has 106 valence electrons. The number of rotatable bonds is 4. The molecule has 3 rings (SSSR count). The average Bonchev–Trinajstić information content (AvgIpc) is 3.22. The first-order chi connectivity index (χ1) is 9.65. The van der Waals surface area contributed by atoms with E-state index in [4.69, 9.17) is 5.73 Å². The van der Waals surface area contributed by atoms with Crippen molar-refractivity contribution < 1.29 is 4.39 Å². The Morgan fingerprint density at radius 1 is 1.35 bits per heavy atom. The topological polar surface area (TPSA) is 52.9 Å². The molecule has 0 amide bonds. The van der Waals surface area contributed by atoms with E-state index in [1.165, 1.54) is 10.7 Å². The van der Waals surface area contributed by atoms with Crippen LogP contribution in [0.3, 0.4) is 0 Å². The Labute approximate surface area is 116 Å². The van der Waals surface area contributed by atoms with Crippen LogP contribution in [0.25, 0.3) is 5.69 Å². The molecule has 0 saturated heterocycles. The van der Waals surface area contributed by atoms with Crippen molar-refractivity contribution in [3.63, 3.8) is 0 Å². The van der Waals surface area contributed by atoms with Crippen molar-refractivity contribution in [2.45, 2.75) is 38.6 Å². The van der Waals surface area contributed by atoms with E-state index in [2.05, 4.69) is 0 Å². The molecule has 0 bridgehead atoms. The molecule has 1 aliphatic carbocycles. The summed E-state index contributed by atoms with van der Waals surface area (Å²) in [4.78, 5) is 12.4. The van der Waals surface area contributed by atoms with E-state index in [9.17, 15) is 9.18 Å². The fourth-order valence-electron chi connectivity index (χ4n) is 2.66. The summed E-state index contributed by atoms with van der Waals surface area (Å²) in [6.07, 6.45) is 2.96. The second kappa shape index (κ2) is 4.81. The van der Waals surface area contributed by atoms with Crippen LogP contribution in [0.4, 0.5) is 10.1 Å². The maximum Gasteiger partial charge on any atom is 0.294 e. The molecule has 1 aromatic carbocycles. The molecule has 5 heteroatoms. The summed E-state index contributed by atoms with van der Waals surface area (Å²) < 4.78 is 17.3. The molecule has 0 spiro atoms. The summed E-state index contributed by atoms with van der Waals surface area (Å²) in [7, 11) is 0. The van der Waals surface area contributed by atoms with Crippen LogP contribution in [0.1, 0.15) is 37.8 Å². The van der Waals surface area contributed by atoms with E-state index in [-0.39, 0.29) is 16.9 Å². The van der Waals surface area contributed by atoms with Crippen molar-refractivity contribution >= 4 is 5.69 Å². The quantitative estimate of drug-likeness (QED) is 0.932. The molecule has 2 N–H and O–H groups in total. The minimum atomic E-state index is -0.410. The van der Waals surface area contributed by atoms with E-state index < -0.39 is 5.82 Å². The van der Waals surface area contributed by atoms with E-state index >= 15 is 0 Å². The molecule has 0 atom stereocenters. The zero-order valence-electron chi connectivity index (χ0n) is 11.5. The Balaban J connectivity index is 2.27. The van der Waals surface area contributed by atoms with E-state index in [1.54, 1.807) is 18.2 Å². The standard InChI is InChI=1S/C15H18FN3O/c1-2-9-18-14(10-7-8-10)13(17)15(20)19(18)12-6-4-3-5-11(12)16/h3-6,10H,2,7-9,17H2,1H3. The average molecular weight is 275 g/mol. The van der Waals surface area contributed by atoms with Gasteiger partial charge in [0.25, 0.3) is 5.56 Å². The number of anilines is 1. The molecule has 4 nitrogen and oxygen atoms in total. The van der Waals surface area contributed by atoms with Gasteiger partial charge < -0.3 is 5.73 Å². The van der Waals surface area contributed by atoms with Gasteiger partial charge in [-0.2, -0.15) is 0 Å². The van der Waals surface area contributed by atoms with Crippen molar-refractivity contribution in [2.75, 3.05) is 5.73 Å².